The molecule has 0 saturated heterocycles. The highest BCUT2D eigenvalue weighted by Gasteiger charge is 2.14. The molecule has 0 unspecified atom stereocenters. The summed E-state index contributed by atoms with van der Waals surface area (Å²) >= 11 is 0. The minimum Gasteiger partial charge on any atom is -0.497 e. The quantitative estimate of drug-likeness (QED) is 0.482. The van der Waals surface area contributed by atoms with Gasteiger partial charge in [-0.05, 0) is 41.3 Å². The van der Waals surface area contributed by atoms with Crippen molar-refractivity contribution >= 4 is 22.8 Å². The Hall–Kier alpha value is -4.01. The molecule has 9 nitrogen and oxygen atoms in total. The van der Waals surface area contributed by atoms with Crippen molar-refractivity contribution in [3.63, 3.8) is 0 Å². The van der Waals surface area contributed by atoms with Crippen molar-refractivity contribution < 1.29 is 9.53 Å². The summed E-state index contributed by atoms with van der Waals surface area (Å²) in [6, 6.07) is 15.2. The number of amides is 1. The van der Waals surface area contributed by atoms with Gasteiger partial charge in [-0.25, -0.2) is 9.67 Å². The molecule has 4 aromatic rings. The third-order valence-corrected chi connectivity index (χ3v) is 5.13. The first-order valence-corrected chi connectivity index (χ1v) is 10.3. The molecule has 0 aliphatic heterocycles. The van der Waals surface area contributed by atoms with Gasteiger partial charge in [0, 0.05) is 5.69 Å². The van der Waals surface area contributed by atoms with Crippen LogP contribution < -0.4 is 15.6 Å². The number of carbonyl (C=O) groups is 1. The summed E-state index contributed by atoms with van der Waals surface area (Å²) in [7, 11) is 1.60. The summed E-state index contributed by atoms with van der Waals surface area (Å²) in [5.41, 5.74) is 2.85. The first-order valence-electron chi connectivity index (χ1n) is 10.3. The van der Waals surface area contributed by atoms with Crippen LogP contribution >= 0.6 is 0 Å². The Balaban J connectivity index is 1.50. The van der Waals surface area contributed by atoms with E-state index in [1.54, 1.807) is 11.8 Å². The van der Waals surface area contributed by atoms with Crippen LogP contribution in [0.1, 0.15) is 30.9 Å². The van der Waals surface area contributed by atoms with Crippen LogP contribution in [0.15, 0.2) is 59.7 Å². The maximum absolute atomic E-state index is 12.8. The van der Waals surface area contributed by atoms with Gasteiger partial charge in [-0.3, -0.25) is 14.2 Å². The summed E-state index contributed by atoms with van der Waals surface area (Å²) < 4.78 is 8.01. The van der Waals surface area contributed by atoms with Crippen LogP contribution in [0, 0.1) is 0 Å². The second-order valence-corrected chi connectivity index (χ2v) is 7.77. The van der Waals surface area contributed by atoms with E-state index in [4.69, 9.17) is 4.74 Å². The van der Waals surface area contributed by atoms with Crippen molar-refractivity contribution in [1.29, 1.82) is 0 Å². The fraction of sp³-hybridized carbons (Fsp3) is 0.261. The number of nitrogens with zero attached hydrogens (tertiary/aromatic N) is 5. The molecular weight excluding hydrogens is 408 g/mol. The SMILES string of the molecule is COc1cccc(Cn2nnc3c(=O)n(CC(=O)Nc4ccc(C(C)C)cc4)cnc32)c1. The van der Waals surface area contributed by atoms with E-state index in [-0.39, 0.29) is 18.0 Å². The van der Waals surface area contributed by atoms with E-state index in [0.29, 0.717) is 23.8 Å². The number of benzene rings is 2. The van der Waals surface area contributed by atoms with Crippen molar-refractivity contribution in [2.75, 3.05) is 12.4 Å². The first kappa shape index (κ1) is 21.2. The number of nitrogens with one attached hydrogen (secondary N) is 1. The Morgan fingerprint density at radius 1 is 1.16 bits per heavy atom. The van der Waals surface area contributed by atoms with Crippen LogP contribution in [0.2, 0.25) is 0 Å². The first-order chi connectivity index (χ1) is 15.4. The lowest BCUT2D eigenvalue weighted by molar-refractivity contribution is -0.116. The Labute approximate surface area is 184 Å². The molecule has 2 aromatic heterocycles. The molecule has 4 rings (SSSR count). The van der Waals surface area contributed by atoms with Crippen LogP contribution in [-0.2, 0) is 17.9 Å². The smallest absolute Gasteiger partial charge is 0.283 e. The second kappa shape index (κ2) is 9.01. The summed E-state index contributed by atoms with van der Waals surface area (Å²) in [4.78, 5) is 29.6. The third kappa shape index (κ3) is 4.51. The Bertz CT molecular complexity index is 1310. The maximum Gasteiger partial charge on any atom is 0.283 e. The Morgan fingerprint density at radius 2 is 1.94 bits per heavy atom. The highest BCUT2D eigenvalue weighted by atomic mass is 16.5. The van der Waals surface area contributed by atoms with E-state index in [1.807, 2.05) is 48.5 Å². The number of aromatic nitrogens is 5. The third-order valence-electron chi connectivity index (χ3n) is 5.13. The molecular formula is C23H24N6O3. The molecule has 0 aliphatic carbocycles. The van der Waals surface area contributed by atoms with Gasteiger partial charge in [0.1, 0.15) is 18.6 Å². The van der Waals surface area contributed by atoms with Gasteiger partial charge in [-0.1, -0.05) is 43.3 Å². The largest absolute Gasteiger partial charge is 0.497 e. The molecule has 0 spiro atoms. The lowest BCUT2D eigenvalue weighted by atomic mass is 10.0. The van der Waals surface area contributed by atoms with E-state index >= 15 is 0 Å². The monoisotopic (exact) mass is 432 g/mol. The van der Waals surface area contributed by atoms with Crippen LogP contribution in [-0.4, -0.2) is 37.6 Å². The van der Waals surface area contributed by atoms with Gasteiger partial charge in [-0.15, -0.1) is 5.10 Å². The van der Waals surface area contributed by atoms with Crippen molar-refractivity contribution in [2.24, 2.45) is 0 Å². The Morgan fingerprint density at radius 3 is 2.66 bits per heavy atom. The van der Waals surface area contributed by atoms with Crippen LogP contribution in [0.3, 0.4) is 0 Å². The maximum atomic E-state index is 12.8. The van der Waals surface area contributed by atoms with Crippen molar-refractivity contribution in [3.05, 3.63) is 76.3 Å². The van der Waals surface area contributed by atoms with Gasteiger partial charge in [0.15, 0.2) is 11.2 Å². The Kier molecular flexibility index (Phi) is 5.98. The molecule has 9 heteroatoms. The number of anilines is 1. The molecule has 0 aliphatic rings. The highest BCUT2D eigenvalue weighted by Crippen LogP contribution is 2.17. The number of hydrogen-bond donors (Lipinski definition) is 1. The molecule has 0 bridgehead atoms. The fourth-order valence-electron chi connectivity index (χ4n) is 3.36. The molecule has 164 valence electrons. The number of ether oxygens (including phenoxy) is 1. The van der Waals surface area contributed by atoms with Crippen LogP contribution in [0.25, 0.3) is 11.2 Å². The van der Waals surface area contributed by atoms with E-state index in [0.717, 1.165) is 11.3 Å². The van der Waals surface area contributed by atoms with Crippen molar-refractivity contribution in [1.82, 2.24) is 24.5 Å². The summed E-state index contributed by atoms with van der Waals surface area (Å²) in [6.07, 6.45) is 1.34. The zero-order valence-electron chi connectivity index (χ0n) is 18.1. The van der Waals surface area contributed by atoms with Gasteiger partial charge >= 0.3 is 0 Å². The summed E-state index contributed by atoms with van der Waals surface area (Å²) in [6.45, 7) is 4.43. The zero-order valence-corrected chi connectivity index (χ0v) is 18.1. The molecule has 1 amide bonds. The molecule has 0 saturated carbocycles. The number of fused-ring (bicyclic) bond motifs is 1. The van der Waals surface area contributed by atoms with E-state index in [2.05, 4.69) is 34.5 Å². The molecule has 0 fully saturated rings. The van der Waals surface area contributed by atoms with Crippen LogP contribution in [0.5, 0.6) is 5.75 Å². The van der Waals surface area contributed by atoms with Crippen molar-refractivity contribution in [2.45, 2.75) is 32.9 Å². The van der Waals surface area contributed by atoms with Gasteiger partial charge in [0.05, 0.1) is 13.7 Å². The fourth-order valence-corrected chi connectivity index (χ4v) is 3.36. The molecule has 2 aromatic carbocycles. The van der Waals surface area contributed by atoms with Crippen molar-refractivity contribution in [3.8, 4) is 5.75 Å². The topological polar surface area (TPSA) is 104 Å². The van der Waals surface area contributed by atoms with Gasteiger partial charge in [0.2, 0.25) is 5.91 Å². The number of carbonyl (C=O) groups excluding carboxylic acids is 1. The summed E-state index contributed by atoms with van der Waals surface area (Å²) in [5, 5.41) is 10.9. The van der Waals surface area contributed by atoms with Gasteiger partial charge in [0.25, 0.3) is 5.56 Å². The molecule has 0 radical (unpaired) electrons. The predicted molar refractivity (Wildman–Crippen MR) is 121 cm³/mol. The highest BCUT2D eigenvalue weighted by molar-refractivity contribution is 5.90. The number of hydrogen-bond acceptors (Lipinski definition) is 6. The lowest BCUT2D eigenvalue weighted by Gasteiger charge is -2.09. The second-order valence-electron chi connectivity index (χ2n) is 7.77. The average molecular weight is 432 g/mol. The molecule has 32 heavy (non-hydrogen) atoms. The average Bonchev–Trinajstić information content (AvgIpc) is 3.19. The molecule has 0 atom stereocenters. The normalized spacial score (nSPS) is 11.1. The number of rotatable bonds is 7. The predicted octanol–water partition coefficient (Wildman–Crippen LogP) is 2.81. The number of methoxy groups -OCH3 is 1. The lowest BCUT2D eigenvalue weighted by Crippen LogP contribution is -2.28. The minimum absolute atomic E-state index is 0.115. The van der Waals surface area contributed by atoms with E-state index in [1.165, 1.54) is 16.5 Å². The molecule has 2 heterocycles. The van der Waals surface area contributed by atoms with Crippen LogP contribution in [0.4, 0.5) is 5.69 Å². The molecule has 1 N–H and O–H groups in total. The summed E-state index contributed by atoms with van der Waals surface area (Å²) in [5.74, 6) is 0.815. The van der Waals surface area contributed by atoms with Gasteiger partial charge < -0.3 is 10.1 Å². The van der Waals surface area contributed by atoms with E-state index < -0.39 is 5.56 Å². The minimum atomic E-state index is -0.419. The zero-order chi connectivity index (χ0) is 22.7. The van der Waals surface area contributed by atoms with E-state index in [9.17, 15) is 9.59 Å². The van der Waals surface area contributed by atoms with Gasteiger partial charge in [-0.2, -0.15) is 0 Å². The standard InChI is InChI=1S/C23H24N6O3/c1-15(2)17-7-9-18(10-8-17)25-20(30)13-28-14-24-22-21(23(28)31)26-27-29(22)12-16-5-4-6-19(11-16)32-3/h4-11,14-15H,12-13H2,1-3H3,(H,25,30).